The molecule has 0 aliphatic heterocycles. The first-order valence-corrected chi connectivity index (χ1v) is 8.22. The first-order valence-electron chi connectivity index (χ1n) is 8.22. The van der Waals surface area contributed by atoms with E-state index in [0.717, 1.165) is 22.8 Å². The van der Waals surface area contributed by atoms with Gasteiger partial charge in [-0.3, -0.25) is 0 Å². The quantitative estimate of drug-likeness (QED) is 0.574. The molecule has 1 aromatic carbocycles. The van der Waals surface area contributed by atoms with Crippen molar-refractivity contribution in [3.8, 4) is 11.3 Å². The molecule has 0 saturated carbocycles. The summed E-state index contributed by atoms with van der Waals surface area (Å²) in [5, 5.41) is 15.3. The van der Waals surface area contributed by atoms with E-state index >= 15 is 0 Å². The van der Waals surface area contributed by atoms with Gasteiger partial charge < -0.3 is 15.7 Å². The fourth-order valence-electron chi connectivity index (χ4n) is 2.41. The molecule has 0 atom stereocenters. The van der Waals surface area contributed by atoms with E-state index in [2.05, 4.69) is 25.6 Å². The van der Waals surface area contributed by atoms with E-state index in [9.17, 15) is 0 Å². The van der Waals surface area contributed by atoms with Crippen molar-refractivity contribution in [1.29, 1.82) is 0 Å². The topological polar surface area (TPSA) is 83.0 Å². The molecule has 0 aliphatic rings. The maximum Gasteiger partial charge on any atom is 0.227 e. The van der Waals surface area contributed by atoms with Crippen molar-refractivity contribution >= 4 is 17.5 Å². The predicted molar refractivity (Wildman–Crippen MR) is 99.9 cm³/mol. The highest BCUT2D eigenvalue weighted by molar-refractivity contribution is 5.64. The molecule has 2 aromatic heterocycles. The molecule has 0 radical (unpaired) electrons. The largest absolute Gasteiger partial charge is 0.396 e. The number of aromatic nitrogens is 3. The van der Waals surface area contributed by atoms with E-state index in [1.165, 1.54) is 5.56 Å². The molecule has 0 saturated heterocycles. The molecule has 128 valence electrons. The molecule has 0 bridgehead atoms. The third-order valence-electron chi connectivity index (χ3n) is 3.63. The minimum Gasteiger partial charge on any atom is -0.396 e. The normalized spacial score (nSPS) is 10.5. The van der Waals surface area contributed by atoms with E-state index in [4.69, 9.17) is 5.11 Å². The number of benzene rings is 1. The van der Waals surface area contributed by atoms with Crippen LogP contribution in [0.15, 0.2) is 54.9 Å². The Labute approximate surface area is 147 Å². The zero-order valence-electron chi connectivity index (χ0n) is 14.1. The number of nitrogens with zero attached hydrogens (tertiary/aromatic N) is 3. The first kappa shape index (κ1) is 16.9. The number of anilines is 3. The zero-order valence-corrected chi connectivity index (χ0v) is 14.1. The van der Waals surface area contributed by atoms with Gasteiger partial charge in [-0.2, -0.15) is 0 Å². The Bertz CT molecular complexity index is 837. The van der Waals surface area contributed by atoms with Gasteiger partial charge in [-0.25, -0.2) is 15.0 Å². The molecule has 0 spiro atoms. The molecule has 2 heterocycles. The summed E-state index contributed by atoms with van der Waals surface area (Å²) in [5.74, 6) is 1.31. The Morgan fingerprint density at radius 3 is 2.76 bits per heavy atom. The second-order valence-electron chi connectivity index (χ2n) is 5.69. The molecule has 25 heavy (non-hydrogen) atoms. The van der Waals surface area contributed by atoms with E-state index in [1.807, 2.05) is 49.4 Å². The van der Waals surface area contributed by atoms with Crippen LogP contribution in [0.25, 0.3) is 11.3 Å². The van der Waals surface area contributed by atoms with E-state index in [-0.39, 0.29) is 6.61 Å². The maximum atomic E-state index is 8.86. The lowest BCUT2D eigenvalue weighted by molar-refractivity contribution is 0.292. The van der Waals surface area contributed by atoms with Crippen LogP contribution in [0.1, 0.15) is 12.0 Å². The highest BCUT2D eigenvalue weighted by Gasteiger charge is 2.05. The molecular weight excluding hydrogens is 314 g/mol. The van der Waals surface area contributed by atoms with Gasteiger partial charge in [-0.15, -0.1) is 0 Å². The fourth-order valence-corrected chi connectivity index (χ4v) is 2.41. The van der Waals surface area contributed by atoms with Crippen molar-refractivity contribution in [3.05, 3.63) is 60.4 Å². The van der Waals surface area contributed by atoms with Crippen molar-refractivity contribution in [2.24, 2.45) is 0 Å². The van der Waals surface area contributed by atoms with Gasteiger partial charge in [0.05, 0.1) is 5.69 Å². The SMILES string of the molecule is Cc1cccc(Nc2nccc(-c3ccnc(NCCCO)c3)n2)c1. The molecule has 3 rings (SSSR count). The predicted octanol–water partition coefficient (Wildman–Crippen LogP) is 3.38. The summed E-state index contributed by atoms with van der Waals surface area (Å²) in [7, 11) is 0. The van der Waals surface area contributed by atoms with Gasteiger partial charge in [0.25, 0.3) is 0 Å². The summed E-state index contributed by atoms with van der Waals surface area (Å²) in [5.41, 5.74) is 3.90. The van der Waals surface area contributed by atoms with Crippen LogP contribution in [0.4, 0.5) is 17.5 Å². The Morgan fingerprint density at radius 2 is 1.92 bits per heavy atom. The van der Waals surface area contributed by atoms with Gasteiger partial charge in [0.15, 0.2) is 0 Å². The standard InChI is InChI=1S/C19H21N5O/c1-14-4-2-5-16(12-14)23-19-22-10-7-17(24-19)15-6-9-21-18(13-15)20-8-3-11-25/h2,4-7,9-10,12-13,25H,3,8,11H2,1H3,(H,20,21)(H,22,23,24). The van der Waals surface area contributed by atoms with Crippen LogP contribution in [-0.2, 0) is 0 Å². The Balaban J connectivity index is 1.78. The van der Waals surface area contributed by atoms with Crippen molar-refractivity contribution in [3.63, 3.8) is 0 Å². The molecule has 3 N–H and O–H groups in total. The van der Waals surface area contributed by atoms with Gasteiger partial charge in [0.1, 0.15) is 5.82 Å². The van der Waals surface area contributed by atoms with Crippen LogP contribution in [-0.4, -0.2) is 33.2 Å². The minimum absolute atomic E-state index is 0.159. The highest BCUT2D eigenvalue weighted by atomic mass is 16.3. The van der Waals surface area contributed by atoms with Gasteiger partial charge in [-0.1, -0.05) is 12.1 Å². The van der Waals surface area contributed by atoms with E-state index in [1.54, 1.807) is 12.4 Å². The second-order valence-corrected chi connectivity index (χ2v) is 5.69. The lowest BCUT2D eigenvalue weighted by Gasteiger charge is -2.09. The summed E-state index contributed by atoms with van der Waals surface area (Å²) in [6, 6.07) is 13.8. The molecule has 6 nitrogen and oxygen atoms in total. The van der Waals surface area contributed by atoms with Gasteiger partial charge in [0, 0.05) is 36.8 Å². The van der Waals surface area contributed by atoms with Crippen LogP contribution in [0.5, 0.6) is 0 Å². The lowest BCUT2D eigenvalue weighted by atomic mass is 10.2. The third-order valence-corrected chi connectivity index (χ3v) is 3.63. The van der Waals surface area contributed by atoms with Crippen LogP contribution >= 0.6 is 0 Å². The molecular formula is C19H21N5O. The number of aliphatic hydroxyl groups is 1. The average Bonchev–Trinajstić information content (AvgIpc) is 2.63. The van der Waals surface area contributed by atoms with Gasteiger partial charge >= 0.3 is 0 Å². The number of pyridine rings is 1. The Morgan fingerprint density at radius 1 is 1.04 bits per heavy atom. The van der Waals surface area contributed by atoms with Crippen molar-refractivity contribution < 1.29 is 5.11 Å². The van der Waals surface area contributed by atoms with Crippen LogP contribution in [0, 0.1) is 6.92 Å². The number of aliphatic hydroxyl groups excluding tert-OH is 1. The number of hydrogen-bond acceptors (Lipinski definition) is 6. The van der Waals surface area contributed by atoms with Crippen molar-refractivity contribution in [2.75, 3.05) is 23.8 Å². The van der Waals surface area contributed by atoms with Gasteiger partial charge in [0.2, 0.25) is 5.95 Å². The van der Waals surface area contributed by atoms with E-state index < -0.39 is 0 Å². The molecule has 6 heteroatoms. The Hall–Kier alpha value is -2.99. The minimum atomic E-state index is 0.159. The van der Waals surface area contributed by atoms with Crippen LogP contribution in [0.3, 0.4) is 0 Å². The monoisotopic (exact) mass is 335 g/mol. The number of nitrogens with one attached hydrogen (secondary N) is 2. The fraction of sp³-hybridized carbons (Fsp3) is 0.211. The third kappa shape index (κ3) is 4.74. The zero-order chi connectivity index (χ0) is 17.5. The lowest BCUT2D eigenvalue weighted by Crippen LogP contribution is -2.05. The summed E-state index contributed by atoms with van der Waals surface area (Å²) in [6.07, 6.45) is 4.16. The smallest absolute Gasteiger partial charge is 0.227 e. The summed E-state index contributed by atoms with van der Waals surface area (Å²) in [4.78, 5) is 13.2. The maximum absolute atomic E-state index is 8.86. The van der Waals surface area contributed by atoms with Crippen LogP contribution in [0.2, 0.25) is 0 Å². The number of aryl methyl sites for hydroxylation is 1. The molecule has 0 aliphatic carbocycles. The highest BCUT2D eigenvalue weighted by Crippen LogP contribution is 2.21. The summed E-state index contributed by atoms with van der Waals surface area (Å²) < 4.78 is 0. The second kappa shape index (κ2) is 8.21. The van der Waals surface area contributed by atoms with Crippen LogP contribution < -0.4 is 10.6 Å². The van der Waals surface area contributed by atoms with Crippen molar-refractivity contribution in [2.45, 2.75) is 13.3 Å². The average molecular weight is 335 g/mol. The Kier molecular flexibility index (Phi) is 5.53. The molecule has 0 amide bonds. The first-order chi connectivity index (χ1) is 12.2. The van der Waals surface area contributed by atoms with Gasteiger partial charge in [-0.05, 0) is 49.2 Å². The molecule has 3 aromatic rings. The van der Waals surface area contributed by atoms with E-state index in [0.29, 0.717) is 18.9 Å². The summed E-state index contributed by atoms with van der Waals surface area (Å²) in [6.45, 7) is 2.88. The number of hydrogen-bond donors (Lipinski definition) is 3. The number of rotatable bonds is 7. The molecule has 0 fully saturated rings. The summed E-state index contributed by atoms with van der Waals surface area (Å²) >= 11 is 0. The molecule has 0 unspecified atom stereocenters. The van der Waals surface area contributed by atoms with Crippen molar-refractivity contribution in [1.82, 2.24) is 15.0 Å².